The molecule has 2 aromatic carbocycles. The molecule has 0 aliphatic carbocycles. The Morgan fingerprint density at radius 3 is 2.86 bits per heavy atom. The molecule has 108 valence electrons. The van der Waals surface area contributed by atoms with Crippen molar-refractivity contribution in [1.82, 2.24) is 4.90 Å². The Balaban J connectivity index is 1.89. The van der Waals surface area contributed by atoms with E-state index >= 15 is 0 Å². The van der Waals surface area contributed by atoms with Gasteiger partial charge in [-0.05, 0) is 54.3 Å². The third kappa shape index (κ3) is 2.61. The van der Waals surface area contributed by atoms with Gasteiger partial charge in [-0.2, -0.15) is 0 Å². The molecule has 1 amide bonds. The van der Waals surface area contributed by atoms with Crippen molar-refractivity contribution >= 4 is 11.6 Å². The number of nitrogens with two attached hydrogens (primary N) is 1. The number of carbonyl (C=O) groups is 1. The molecule has 21 heavy (non-hydrogen) atoms. The lowest BCUT2D eigenvalue weighted by Gasteiger charge is -2.30. The number of amides is 1. The fourth-order valence-corrected chi connectivity index (χ4v) is 2.82. The lowest BCUT2D eigenvalue weighted by Crippen LogP contribution is -2.36. The number of hydrogen-bond acceptors (Lipinski definition) is 2. The highest BCUT2D eigenvalue weighted by atomic mass is 19.1. The van der Waals surface area contributed by atoms with Crippen LogP contribution in [0.4, 0.5) is 10.1 Å². The lowest BCUT2D eigenvalue weighted by atomic mass is 9.97. The fraction of sp³-hybridized carbons (Fsp3) is 0.235. The van der Waals surface area contributed by atoms with Gasteiger partial charge in [0.15, 0.2) is 0 Å². The molecule has 2 aromatic rings. The number of nitrogen functional groups attached to an aromatic ring is 1. The number of anilines is 1. The van der Waals surface area contributed by atoms with Gasteiger partial charge in [0.1, 0.15) is 5.82 Å². The molecule has 3 rings (SSSR count). The first-order valence-corrected chi connectivity index (χ1v) is 6.97. The van der Waals surface area contributed by atoms with Gasteiger partial charge in [-0.3, -0.25) is 4.79 Å². The van der Waals surface area contributed by atoms with Crippen molar-refractivity contribution in [3.63, 3.8) is 0 Å². The fourth-order valence-electron chi connectivity index (χ4n) is 2.82. The summed E-state index contributed by atoms with van der Waals surface area (Å²) in [6.45, 7) is 2.89. The maximum absolute atomic E-state index is 13.5. The molecule has 2 N–H and O–H groups in total. The number of halogens is 1. The van der Waals surface area contributed by atoms with E-state index in [-0.39, 0.29) is 11.7 Å². The minimum atomic E-state index is -0.379. The van der Waals surface area contributed by atoms with E-state index in [2.05, 4.69) is 0 Å². The maximum atomic E-state index is 13.5. The molecular weight excluding hydrogens is 267 g/mol. The van der Waals surface area contributed by atoms with Crippen LogP contribution < -0.4 is 5.73 Å². The van der Waals surface area contributed by atoms with E-state index in [9.17, 15) is 9.18 Å². The predicted molar refractivity (Wildman–Crippen MR) is 80.4 cm³/mol. The quantitative estimate of drug-likeness (QED) is 0.818. The van der Waals surface area contributed by atoms with Crippen LogP contribution in [-0.4, -0.2) is 17.4 Å². The molecule has 0 bridgehead atoms. The number of rotatable bonds is 1. The van der Waals surface area contributed by atoms with Crippen LogP contribution in [0.15, 0.2) is 36.4 Å². The first-order valence-electron chi connectivity index (χ1n) is 6.97. The van der Waals surface area contributed by atoms with Crippen molar-refractivity contribution in [2.24, 2.45) is 0 Å². The number of fused-ring (bicyclic) bond motifs is 1. The minimum absolute atomic E-state index is 0.147. The Bertz CT molecular complexity index is 692. The highest BCUT2D eigenvalue weighted by Gasteiger charge is 2.23. The van der Waals surface area contributed by atoms with Crippen molar-refractivity contribution in [3.8, 4) is 0 Å². The van der Waals surface area contributed by atoms with Gasteiger partial charge in [0, 0.05) is 24.3 Å². The van der Waals surface area contributed by atoms with Crippen LogP contribution in [0.25, 0.3) is 0 Å². The number of hydrogen-bond donors (Lipinski definition) is 1. The molecule has 0 atom stereocenters. The third-order valence-corrected chi connectivity index (χ3v) is 3.89. The van der Waals surface area contributed by atoms with Crippen LogP contribution in [0.3, 0.4) is 0 Å². The van der Waals surface area contributed by atoms with Gasteiger partial charge in [0.2, 0.25) is 0 Å². The van der Waals surface area contributed by atoms with Gasteiger partial charge < -0.3 is 10.6 Å². The van der Waals surface area contributed by atoms with E-state index < -0.39 is 0 Å². The lowest BCUT2D eigenvalue weighted by molar-refractivity contribution is 0.0734. The van der Waals surface area contributed by atoms with Gasteiger partial charge in [-0.1, -0.05) is 12.1 Å². The van der Waals surface area contributed by atoms with Crippen molar-refractivity contribution in [3.05, 3.63) is 64.5 Å². The van der Waals surface area contributed by atoms with Crippen molar-refractivity contribution < 1.29 is 9.18 Å². The third-order valence-electron chi connectivity index (χ3n) is 3.89. The summed E-state index contributed by atoms with van der Waals surface area (Å²) in [5.41, 5.74) is 10.0. The average molecular weight is 284 g/mol. The van der Waals surface area contributed by atoms with Crippen LogP contribution in [0.5, 0.6) is 0 Å². The zero-order valence-corrected chi connectivity index (χ0v) is 11.9. The first-order chi connectivity index (χ1) is 10.0. The molecule has 0 saturated carbocycles. The number of carbonyl (C=O) groups excluding carboxylic acids is 1. The summed E-state index contributed by atoms with van der Waals surface area (Å²) in [5, 5.41) is 0. The average Bonchev–Trinajstić information content (AvgIpc) is 2.45. The van der Waals surface area contributed by atoms with E-state index in [1.165, 1.54) is 17.7 Å². The minimum Gasteiger partial charge on any atom is -0.398 e. The highest BCUT2D eigenvalue weighted by molar-refractivity contribution is 5.94. The normalized spacial score (nSPS) is 13.9. The molecule has 0 aromatic heterocycles. The Labute approximate surface area is 123 Å². The molecule has 0 unspecified atom stereocenters. The largest absolute Gasteiger partial charge is 0.398 e. The molecule has 0 radical (unpaired) electrons. The van der Waals surface area contributed by atoms with E-state index in [1.54, 1.807) is 17.9 Å². The standard InChI is InChI=1S/C17H17FN2O/c1-11-7-13(9-14(18)8-11)17(21)20-6-5-12-3-2-4-16(19)15(12)10-20/h2-4,7-9H,5-6,10,19H2,1H3. The van der Waals surface area contributed by atoms with Crippen LogP contribution in [0.2, 0.25) is 0 Å². The summed E-state index contributed by atoms with van der Waals surface area (Å²) in [4.78, 5) is 14.3. The SMILES string of the molecule is Cc1cc(F)cc(C(=O)N2CCc3cccc(N)c3C2)c1. The molecule has 0 saturated heterocycles. The van der Waals surface area contributed by atoms with Crippen molar-refractivity contribution in [1.29, 1.82) is 0 Å². The zero-order chi connectivity index (χ0) is 15.0. The van der Waals surface area contributed by atoms with Crippen molar-refractivity contribution in [2.75, 3.05) is 12.3 Å². The highest BCUT2D eigenvalue weighted by Crippen LogP contribution is 2.25. The van der Waals surface area contributed by atoms with Gasteiger partial charge in [0.05, 0.1) is 0 Å². The summed E-state index contributed by atoms with van der Waals surface area (Å²) < 4.78 is 13.5. The predicted octanol–water partition coefficient (Wildman–Crippen LogP) is 2.91. The molecule has 4 heteroatoms. The zero-order valence-electron chi connectivity index (χ0n) is 11.9. The molecule has 3 nitrogen and oxygen atoms in total. The summed E-state index contributed by atoms with van der Waals surface area (Å²) in [6.07, 6.45) is 0.778. The summed E-state index contributed by atoms with van der Waals surface area (Å²) >= 11 is 0. The second-order valence-electron chi connectivity index (χ2n) is 5.48. The van der Waals surface area contributed by atoms with Gasteiger partial charge >= 0.3 is 0 Å². The van der Waals surface area contributed by atoms with E-state index in [0.717, 1.165) is 17.5 Å². The monoisotopic (exact) mass is 284 g/mol. The number of aryl methyl sites for hydroxylation is 1. The van der Waals surface area contributed by atoms with Gasteiger partial charge in [-0.15, -0.1) is 0 Å². The maximum Gasteiger partial charge on any atom is 0.254 e. The molecule has 0 spiro atoms. The Morgan fingerprint density at radius 1 is 1.29 bits per heavy atom. The molecular formula is C17H17FN2O. The van der Waals surface area contributed by atoms with Crippen LogP contribution in [0, 0.1) is 12.7 Å². The Hall–Kier alpha value is -2.36. The van der Waals surface area contributed by atoms with Crippen LogP contribution in [0.1, 0.15) is 27.0 Å². The second-order valence-corrected chi connectivity index (χ2v) is 5.48. The van der Waals surface area contributed by atoms with Crippen LogP contribution >= 0.6 is 0 Å². The summed E-state index contributed by atoms with van der Waals surface area (Å²) in [5.74, 6) is -0.526. The smallest absolute Gasteiger partial charge is 0.254 e. The van der Waals surface area contributed by atoms with E-state index in [0.29, 0.717) is 24.3 Å². The molecule has 1 aliphatic heterocycles. The summed E-state index contributed by atoms with van der Waals surface area (Å²) in [7, 11) is 0. The Morgan fingerprint density at radius 2 is 2.10 bits per heavy atom. The first kappa shape index (κ1) is 13.6. The number of benzene rings is 2. The Kier molecular flexibility index (Phi) is 3.37. The van der Waals surface area contributed by atoms with Crippen molar-refractivity contribution in [2.45, 2.75) is 19.9 Å². The summed E-state index contributed by atoms with van der Waals surface area (Å²) in [6, 6.07) is 10.2. The second kappa shape index (κ2) is 5.20. The molecule has 1 aliphatic rings. The van der Waals surface area contributed by atoms with Crippen LogP contribution in [-0.2, 0) is 13.0 Å². The van der Waals surface area contributed by atoms with E-state index in [1.807, 2.05) is 18.2 Å². The topological polar surface area (TPSA) is 46.3 Å². The van der Waals surface area contributed by atoms with Gasteiger partial charge in [-0.25, -0.2) is 4.39 Å². The number of nitrogens with zero attached hydrogens (tertiary/aromatic N) is 1. The molecule has 0 fully saturated rings. The van der Waals surface area contributed by atoms with E-state index in [4.69, 9.17) is 5.73 Å². The van der Waals surface area contributed by atoms with Gasteiger partial charge in [0.25, 0.3) is 5.91 Å². The molecule has 1 heterocycles.